The van der Waals surface area contributed by atoms with E-state index in [0.29, 0.717) is 0 Å². The van der Waals surface area contributed by atoms with Gasteiger partial charge in [-0.05, 0) is 199 Å². The van der Waals surface area contributed by atoms with Crippen LogP contribution in [0.25, 0.3) is 0 Å². The van der Waals surface area contributed by atoms with Crippen LogP contribution in [-0.4, -0.2) is 63.8 Å². The molecular formula is C86H124N6+2. The summed E-state index contributed by atoms with van der Waals surface area (Å²) in [5, 5.41) is 0. The van der Waals surface area contributed by atoms with Crippen LogP contribution in [0.15, 0.2) is 121 Å². The van der Waals surface area contributed by atoms with E-state index in [2.05, 4.69) is 150 Å². The molecule has 13 rings (SSSR count). The Hall–Kier alpha value is -5.10. The third-order valence-electron chi connectivity index (χ3n) is 24.9. The van der Waals surface area contributed by atoms with E-state index in [-0.39, 0.29) is 0 Å². The van der Waals surface area contributed by atoms with Crippen molar-refractivity contribution in [3.63, 3.8) is 0 Å². The highest BCUT2D eigenvalue weighted by Gasteiger charge is 2.31. The first kappa shape index (κ1) is 65.6. The van der Waals surface area contributed by atoms with Crippen LogP contribution < -0.4 is 28.8 Å². The second-order valence-electron chi connectivity index (χ2n) is 31.9. The normalized spacial score (nSPS) is 21.8. The lowest BCUT2D eigenvalue weighted by Crippen LogP contribution is -2.35. The number of hydrogen-bond donors (Lipinski definition) is 0. The fourth-order valence-corrected chi connectivity index (χ4v) is 19.5. The van der Waals surface area contributed by atoms with Crippen LogP contribution in [0, 0.1) is 47.3 Å². The molecule has 6 heteroatoms. The highest BCUT2D eigenvalue weighted by molar-refractivity contribution is 6.20. The first-order chi connectivity index (χ1) is 45.6. The van der Waals surface area contributed by atoms with E-state index in [4.69, 9.17) is 0 Å². The molecule has 6 nitrogen and oxygen atoms in total. The second-order valence-corrected chi connectivity index (χ2v) is 31.9. The van der Waals surface area contributed by atoms with Gasteiger partial charge in [0.25, 0.3) is 0 Å². The van der Waals surface area contributed by atoms with Gasteiger partial charge in [0, 0.05) is 148 Å². The molecule has 0 bridgehead atoms. The van der Waals surface area contributed by atoms with Crippen molar-refractivity contribution in [2.75, 3.05) is 72.0 Å². The summed E-state index contributed by atoms with van der Waals surface area (Å²) in [6.07, 6.45) is 65.9. The molecule has 0 unspecified atom stereocenters. The van der Waals surface area contributed by atoms with E-state index < -0.39 is 0 Å². The van der Waals surface area contributed by atoms with Gasteiger partial charge in [0.1, 0.15) is 0 Å². The van der Waals surface area contributed by atoms with Crippen molar-refractivity contribution >= 4 is 56.9 Å². The number of hydrogen-bond acceptors (Lipinski definition) is 4. The van der Waals surface area contributed by atoms with E-state index in [9.17, 15) is 0 Å². The molecule has 496 valence electrons. The Morgan fingerprint density at radius 1 is 0.196 bits per heavy atom. The molecule has 0 saturated heterocycles. The largest absolute Gasteiger partial charge is 0.371 e. The Morgan fingerprint density at radius 3 is 0.478 bits per heavy atom. The number of nitrogens with zero attached hydrogens (tertiary/aromatic N) is 6. The highest BCUT2D eigenvalue weighted by atomic mass is 15.2. The molecule has 0 atom stereocenters. The molecule has 0 spiro atoms. The van der Waals surface area contributed by atoms with E-state index in [0.717, 1.165) is 47.3 Å². The van der Waals surface area contributed by atoms with E-state index in [1.807, 2.05) is 0 Å². The van der Waals surface area contributed by atoms with Crippen LogP contribution in [-0.2, 0) is 0 Å². The van der Waals surface area contributed by atoms with Crippen molar-refractivity contribution in [3.05, 3.63) is 121 Å². The van der Waals surface area contributed by atoms with E-state index >= 15 is 0 Å². The van der Waals surface area contributed by atoms with Crippen molar-refractivity contribution < 1.29 is 0 Å². The first-order valence-corrected chi connectivity index (χ1v) is 39.7. The fraction of sp³-hybridized carbons (Fsp3) is 0.651. The summed E-state index contributed by atoms with van der Waals surface area (Å²) < 4.78 is 5.15. The third kappa shape index (κ3) is 18.3. The number of rotatable bonds is 24. The average molecular weight is 1240 g/mol. The number of anilines is 4. The monoisotopic (exact) mass is 1240 g/mol. The molecule has 4 aromatic carbocycles. The summed E-state index contributed by atoms with van der Waals surface area (Å²) >= 11 is 0. The second kappa shape index (κ2) is 34.0. The Bertz CT molecular complexity index is 2460. The Kier molecular flexibility index (Phi) is 24.2. The summed E-state index contributed by atoms with van der Waals surface area (Å²) in [7, 11) is 0. The van der Waals surface area contributed by atoms with Crippen molar-refractivity contribution in [2.24, 2.45) is 47.3 Å². The van der Waals surface area contributed by atoms with Crippen molar-refractivity contribution in [2.45, 2.75) is 257 Å². The van der Waals surface area contributed by atoms with Crippen LogP contribution in [0.2, 0.25) is 0 Å². The van der Waals surface area contributed by atoms with Gasteiger partial charge in [0.15, 0.2) is 0 Å². The highest BCUT2D eigenvalue weighted by Crippen LogP contribution is 2.39. The van der Waals surface area contributed by atoms with Gasteiger partial charge in [-0.25, -0.2) is 0 Å². The maximum absolute atomic E-state index is 2.83. The molecule has 0 aliphatic heterocycles. The zero-order chi connectivity index (χ0) is 61.9. The van der Waals surface area contributed by atoms with Gasteiger partial charge in [-0.2, -0.15) is 9.15 Å². The Labute approximate surface area is 560 Å². The molecule has 4 aromatic rings. The quantitative estimate of drug-likeness (QED) is 0.0514. The summed E-state index contributed by atoms with van der Waals surface area (Å²) in [5.74, 6) is 6.49. The first-order valence-electron chi connectivity index (χ1n) is 39.7. The van der Waals surface area contributed by atoms with Crippen LogP contribution >= 0.6 is 0 Å². The van der Waals surface area contributed by atoms with Gasteiger partial charge in [-0.15, -0.1) is 0 Å². The van der Waals surface area contributed by atoms with Gasteiger partial charge in [-0.1, -0.05) is 154 Å². The smallest absolute Gasteiger partial charge is 0.212 e. The molecule has 92 heavy (non-hydrogen) atoms. The summed E-state index contributed by atoms with van der Waals surface area (Å²) in [6, 6.07) is 39.7. The lowest BCUT2D eigenvalue weighted by Gasteiger charge is -2.35. The van der Waals surface area contributed by atoms with Crippen LogP contribution in [0.3, 0.4) is 0 Å². The van der Waals surface area contributed by atoms with Crippen LogP contribution in [0.1, 0.15) is 257 Å². The lowest BCUT2D eigenvalue weighted by atomic mass is 9.86. The molecule has 8 fully saturated rings. The molecule has 0 aromatic heterocycles. The zero-order valence-corrected chi connectivity index (χ0v) is 57.8. The summed E-state index contributed by atoms with van der Waals surface area (Å²) in [6.45, 7) is 9.67. The molecule has 0 N–H and O–H groups in total. The maximum Gasteiger partial charge on any atom is 0.212 e. The van der Waals surface area contributed by atoms with Gasteiger partial charge in [0.05, 0.1) is 0 Å². The Balaban J connectivity index is 0.866. The van der Waals surface area contributed by atoms with Crippen LogP contribution in [0.5, 0.6) is 0 Å². The van der Waals surface area contributed by atoms with Gasteiger partial charge < -0.3 is 19.6 Å². The van der Waals surface area contributed by atoms with Crippen molar-refractivity contribution in [3.8, 4) is 0 Å². The average Bonchev–Trinajstić information content (AvgIpc) is 1.03. The van der Waals surface area contributed by atoms with E-state index in [1.165, 1.54) is 366 Å². The zero-order valence-electron chi connectivity index (χ0n) is 57.8. The maximum atomic E-state index is 2.83. The molecule has 0 heterocycles. The molecule has 0 amide bonds. The van der Waals surface area contributed by atoms with Gasteiger partial charge in [-0.3, -0.25) is 0 Å². The minimum Gasteiger partial charge on any atom is -0.371 e. The van der Waals surface area contributed by atoms with Gasteiger partial charge in [0.2, 0.25) is 34.2 Å². The molecule has 9 aliphatic rings. The van der Waals surface area contributed by atoms with Crippen molar-refractivity contribution in [1.29, 1.82) is 0 Å². The molecule has 8 saturated carbocycles. The minimum absolute atomic E-state index is 0.811. The number of benzene rings is 4. The van der Waals surface area contributed by atoms with Crippen LogP contribution in [0.4, 0.5) is 45.5 Å². The predicted octanol–water partition coefficient (Wildman–Crippen LogP) is 22.9. The molecule has 0 radical (unpaired) electrons. The SMILES string of the molecule is C1=CC(=[N+](c2ccc(N(CC3CCCCC3)CC3CCCCC3)cc2)c2ccc(N(CC3CCCCC3)CC3CCCCC3)cc2)C=CC1=[N+](c1ccc(N(CC2CCCCC2)CC2CCCCC2)cc1)c1ccc(N(CC2CCCCC2)CC2CCCCC2)cc1. The molecule has 9 aliphatic carbocycles. The summed E-state index contributed by atoms with van der Waals surface area (Å²) in [5.41, 5.74) is 13.1. The molecular weight excluding hydrogens is 1120 g/mol. The topological polar surface area (TPSA) is 19.0 Å². The standard InChI is InChI=1S/C86H124N6/c1-9-25-69(26-10-1)61-87(62-70-27-11-2-12-28-70)77-41-49-81(50-42-77)91(82-51-43-78(44-52-82)88(63-71-29-13-3-14-30-71)64-72-31-15-4-16-32-72)85-57-59-86(60-58-85)92(83-53-45-79(46-54-83)89(65-73-33-17-5-18-34-73)66-74-35-19-6-20-36-74)84-55-47-80(48-56-84)90(67-75-37-21-7-22-38-75)68-76-39-23-8-24-40-76/h41-60,69-76H,1-40,61-68H2/q+2. The van der Waals surface area contributed by atoms with E-state index in [1.54, 1.807) is 0 Å². The number of allylic oxidation sites excluding steroid dienone is 4. The summed E-state index contributed by atoms with van der Waals surface area (Å²) in [4.78, 5) is 11.3. The Morgan fingerprint density at radius 2 is 0.337 bits per heavy atom. The third-order valence-corrected chi connectivity index (χ3v) is 24.9. The minimum atomic E-state index is 0.811. The fourth-order valence-electron chi connectivity index (χ4n) is 19.5. The van der Waals surface area contributed by atoms with Crippen molar-refractivity contribution in [1.82, 2.24) is 9.15 Å². The predicted molar refractivity (Wildman–Crippen MR) is 398 cm³/mol. The lowest BCUT2D eigenvalue weighted by molar-refractivity contribution is 0.327. The van der Waals surface area contributed by atoms with Gasteiger partial charge >= 0.3 is 0 Å².